The van der Waals surface area contributed by atoms with E-state index < -0.39 is 5.97 Å². The van der Waals surface area contributed by atoms with Gasteiger partial charge in [0.1, 0.15) is 5.82 Å². The van der Waals surface area contributed by atoms with E-state index in [1.165, 1.54) is 23.9 Å². The second-order valence-corrected chi connectivity index (χ2v) is 7.21. The SMILES string of the molecule is Cn1c(CC(=O)Nc2ccccc2)nnc1SCC(=O)Nc1cccc(C(=O)O)c1. The second-order valence-electron chi connectivity index (χ2n) is 6.27. The van der Waals surface area contributed by atoms with E-state index in [4.69, 9.17) is 5.11 Å². The number of anilines is 2. The number of carbonyl (C=O) groups is 3. The van der Waals surface area contributed by atoms with Gasteiger partial charge in [-0.25, -0.2) is 4.79 Å². The summed E-state index contributed by atoms with van der Waals surface area (Å²) in [7, 11) is 1.72. The molecular weight excluding hydrogens is 406 g/mol. The zero-order valence-electron chi connectivity index (χ0n) is 16.0. The van der Waals surface area contributed by atoms with Crippen molar-refractivity contribution >= 4 is 40.9 Å². The number of benzene rings is 2. The molecule has 0 aliphatic heterocycles. The van der Waals surface area contributed by atoms with Crippen LogP contribution in [-0.2, 0) is 23.1 Å². The Balaban J connectivity index is 1.53. The number of hydrogen-bond donors (Lipinski definition) is 3. The Kier molecular flexibility index (Phi) is 6.81. The van der Waals surface area contributed by atoms with Crippen LogP contribution in [0.25, 0.3) is 0 Å². The number of para-hydroxylation sites is 1. The molecule has 0 unspecified atom stereocenters. The first kappa shape index (κ1) is 21.1. The topological polar surface area (TPSA) is 126 Å². The zero-order chi connectivity index (χ0) is 21.5. The van der Waals surface area contributed by atoms with Crippen molar-refractivity contribution < 1.29 is 19.5 Å². The van der Waals surface area contributed by atoms with E-state index in [0.29, 0.717) is 22.4 Å². The van der Waals surface area contributed by atoms with E-state index in [9.17, 15) is 14.4 Å². The highest BCUT2D eigenvalue weighted by Crippen LogP contribution is 2.17. The lowest BCUT2D eigenvalue weighted by Crippen LogP contribution is -2.17. The lowest BCUT2D eigenvalue weighted by atomic mass is 10.2. The number of nitrogens with one attached hydrogen (secondary N) is 2. The summed E-state index contributed by atoms with van der Waals surface area (Å²) >= 11 is 1.17. The first-order valence-electron chi connectivity index (χ1n) is 8.91. The highest BCUT2D eigenvalue weighted by molar-refractivity contribution is 7.99. The maximum atomic E-state index is 12.2. The van der Waals surface area contributed by atoms with Crippen molar-refractivity contribution in [1.82, 2.24) is 14.8 Å². The molecule has 0 aliphatic rings. The van der Waals surface area contributed by atoms with Gasteiger partial charge in [-0.2, -0.15) is 0 Å². The van der Waals surface area contributed by atoms with Gasteiger partial charge in [0.25, 0.3) is 0 Å². The van der Waals surface area contributed by atoms with Gasteiger partial charge in [-0.3, -0.25) is 9.59 Å². The molecule has 2 amide bonds. The molecule has 0 saturated heterocycles. The number of carboxylic acids is 1. The Hall–Kier alpha value is -3.66. The van der Waals surface area contributed by atoms with E-state index in [1.54, 1.807) is 35.9 Å². The van der Waals surface area contributed by atoms with Gasteiger partial charge >= 0.3 is 5.97 Å². The highest BCUT2D eigenvalue weighted by Gasteiger charge is 2.15. The van der Waals surface area contributed by atoms with Gasteiger partial charge in [0.15, 0.2) is 5.16 Å². The molecule has 10 heteroatoms. The summed E-state index contributed by atoms with van der Waals surface area (Å²) in [6.07, 6.45) is 0.0487. The van der Waals surface area contributed by atoms with E-state index in [-0.39, 0.29) is 29.6 Å². The van der Waals surface area contributed by atoms with Crippen molar-refractivity contribution in [2.24, 2.45) is 7.05 Å². The maximum Gasteiger partial charge on any atom is 0.335 e. The minimum Gasteiger partial charge on any atom is -0.478 e. The third kappa shape index (κ3) is 5.67. The van der Waals surface area contributed by atoms with E-state index in [0.717, 1.165) is 0 Å². The molecule has 3 N–H and O–H groups in total. The third-order valence-electron chi connectivity index (χ3n) is 4.03. The molecule has 1 aromatic heterocycles. The fourth-order valence-electron chi connectivity index (χ4n) is 2.55. The summed E-state index contributed by atoms with van der Waals surface area (Å²) in [5, 5.41) is 23.0. The van der Waals surface area contributed by atoms with Crippen molar-refractivity contribution in [3.63, 3.8) is 0 Å². The number of carboxylic acid groups (broad SMARTS) is 1. The Bertz CT molecular complexity index is 1070. The van der Waals surface area contributed by atoms with Crippen molar-refractivity contribution in [2.45, 2.75) is 11.6 Å². The van der Waals surface area contributed by atoms with Gasteiger partial charge in [0.2, 0.25) is 11.8 Å². The average Bonchev–Trinajstić information content (AvgIpc) is 3.06. The van der Waals surface area contributed by atoms with Crippen LogP contribution < -0.4 is 10.6 Å². The minimum atomic E-state index is -1.07. The molecular formula is C20H19N5O4S. The summed E-state index contributed by atoms with van der Waals surface area (Å²) < 4.78 is 1.66. The molecule has 0 fully saturated rings. The molecule has 154 valence electrons. The van der Waals surface area contributed by atoms with Gasteiger partial charge in [-0.1, -0.05) is 36.0 Å². The normalized spacial score (nSPS) is 10.4. The molecule has 0 aliphatic carbocycles. The first-order chi connectivity index (χ1) is 14.4. The van der Waals surface area contributed by atoms with Crippen molar-refractivity contribution in [3.8, 4) is 0 Å². The van der Waals surface area contributed by atoms with Gasteiger partial charge in [0, 0.05) is 18.4 Å². The fraction of sp³-hybridized carbons (Fsp3) is 0.150. The first-order valence-corrected chi connectivity index (χ1v) is 9.90. The number of rotatable bonds is 8. The molecule has 0 radical (unpaired) electrons. The van der Waals surface area contributed by atoms with Crippen LogP contribution in [0.15, 0.2) is 59.8 Å². The molecule has 3 rings (SSSR count). The average molecular weight is 425 g/mol. The Morgan fingerprint density at radius 2 is 1.67 bits per heavy atom. The quantitative estimate of drug-likeness (QED) is 0.473. The summed E-state index contributed by atoms with van der Waals surface area (Å²) in [6, 6.07) is 15.1. The van der Waals surface area contributed by atoms with Crippen LogP contribution in [0.1, 0.15) is 16.2 Å². The van der Waals surface area contributed by atoms with E-state index >= 15 is 0 Å². The molecule has 30 heavy (non-hydrogen) atoms. The maximum absolute atomic E-state index is 12.2. The highest BCUT2D eigenvalue weighted by atomic mass is 32.2. The summed E-state index contributed by atoms with van der Waals surface area (Å²) in [6.45, 7) is 0. The summed E-state index contributed by atoms with van der Waals surface area (Å²) in [4.78, 5) is 35.4. The number of carbonyl (C=O) groups excluding carboxylic acids is 2. The van der Waals surface area contributed by atoms with Crippen LogP contribution in [0.4, 0.5) is 11.4 Å². The van der Waals surface area contributed by atoms with Gasteiger partial charge in [-0.15, -0.1) is 10.2 Å². The molecule has 0 atom stereocenters. The third-order valence-corrected chi connectivity index (χ3v) is 5.05. The lowest BCUT2D eigenvalue weighted by molar-refractivity contribution is -0.116. The number of thioether (sulfide) groups is 1. The predicted octanol–water partition coefficient (Wildman–Crippen LogP) is 2.43. The van der Waals surface area contributed by atoms with Crippen LogP contribution >= 0.6 is 11.8 Å². The standard InChI is InChI=1S/C20H19N5O4S/c1-25-16(11-17(26)21-14-7-3-2-4-8-14)23-24-20(25)30-12-18(27)22-15-9-5-6-13(10-15)19(28)29/h2-10H,11-12H2,1H3,(H,21,26)(H,22,27)(H,28,29). The van der Waals surface area contributed by atoms with E-state index in [2.05, 4.69) is 20.8 Å². The predicted molar refractivity (Wildman–Crippen MR) is 113 cm³/mol. The minimum absolute atomic E-state index is 0.0487. The second kappa shape index (κ2) is 9.70. The lowest BCUT2D eigenvalue weighted by Gasteiger charge is -2.07. The summed E-state index contributed by atoms with van der Waals surface area (Å²) in [5.74, 6) is -1.07. The Labute approximate surface area is 176 Å². The van der Waals surface area contributed by atoms with Gasteiger partial charge in [0.05, 0.1) is 17.7 Å². The van der Waals surface area contributed by atoms with Crippen LogP contribution in [0, 0.1) is 0 Å². The molecule has 0 spiro atoms. The van der Waals surface area contributed by atoms with Crippen LogP contribution in [0.5, 0.6) is 0 Å². The van der Waals surface area contributed by atoms with Gasteiger partial charge < -0.3 is 20.3 Å². The molecule has 9 nitrogen and oxygen atoms in total. The fourth-order valence-corrected chi connectivity index (χ4v) is 3.28. The Morgan fingerprint density at radius 1 is 0.967 bits per heavy atom. The van der Waals surface area contributed by atoms with Crippen molar-refractivity contribution in [1.29, 1.82) is 0 Å². The Morgan fingerprint density at radius 3 is 2.40 bits per heavy atom. The monoisotopic (exact) mass is 425 g/mol. The van der Waals surface area contributed by atoms with Crippen LogP contribution in [0.3, 0.4) is 0 Å². The number of aromatic carboxylic acids is 1. The van der Waals surface area contributed by atoms with Crippen molar-refractivity contribution in [3.05, 3.63) is 66.0 Å². The van der Waals surface area contributed by atoms with Crippen molar-refractivity contribution in [2.75, 3.05) is 16.4 Å². The molecule has 1 heterocycles. The molecule has 0 saturated carbocycles. The summed E-state index contributed by atoms with van der Waals surface area (Å²) in [5.41, 5.74) is 1.19. The van der Waals surface area contributed by atoms with Gasteiger partial charge in [-0.05, 0) is 30.3 Å². The number of amides is 2. The van der Waals surface area contributed by atoms with E-state index in [1.807, 2.05) is 18.2 Å². The smallest absolute Gasteiger partial charge is 0.335 e. The van der Waals surface area contributed by atoms with Crippen LogP contribution in [0.2, 0.25) is 0 Å². The number of nitrogens with zero attached hydrogens (tertiary/aromatic N) is 3. The number of hydrogen-bond acceptors (Lipinski definition) is 6. The molecule has 0 bridgehead atoms. The van der Waals surface area contributed by atoms with Crippen LogP contribution in [-0.4, -0.2) is 43.4 Å². The zero-order valence-corrected chi connectivity index (χ0v) is 16.8. The largest absolute Gasteiger partial charge is 0.478 e. The molecule has 2 aromatic carbocycles. The molecule has 3 aromatic rings. The number of aromatic nitrogens is 3.